The van der Waals surface area contributed by atoms with E-state index in [1.165, 1.54) is 10.7 Å². The van der Waals surface area contributed by atoms with Gasteiger partial charge in [0, 0.05) is 36.8 Å². The molecule has 2 heterocycles. The molecule has 0 radical (unpaired) electrons. The monoisotopic (exact) mass is 332 g/mol. The largest absolute Gasteiger partial charge is 0.391 e. The molecule has 1 saturated heterocycles. The number of rotatable bonds is 4. The van der Waals surface area contributed by atoms with Crippen LogP contribution in [0.1, 0.15) is 21.7 Å². The molecule has 0 saturated carbocycles. The number of aliphatic hydroxyl groups is 1. The predicted octanol–water partition coefficient (Wildman–Crippen LogP) is 0.938. The second kappa shape index (κ2) is 6.70. The lowest BCUT2D eigenvalue weighted by Gasteiger charge is -2.14. The molecule has 0 bridgehead atoms. The lowest BCUT2D eigenvalue weighted by atomic mass is 10.1. The second-order valence-electron chi connectivity index (χ2n) is 6.20. The highest BCUT2D eigenvalue weighted by atomic mass is 19.1. The molecule has 128 valence electrons. The minimum absolute atomic E-state index is 0.0206. The van der Waals surface area contributed by atoms with Crippen LogP contribution in [-0.2, 0) is 0 Å². The molecule has 1 amide bonds. The third-order valence-corrected chi connectivity index (χ3v) is 4.28. The molecule has 2 unspecified atom stereocenters. The summed E-state index contributed by atoms with van der Waals surface area (Å²) in [6.45, 7) is 5.24. The van der Waals surface area contributed by atoms with Gasteiger partial charge in [-0.25, -0.2) is 9.07 Å². The highest BCUT2D eigenvalue weighted by molar-refractivity contribution is 5.94. The van der Waals surface area contributed by atoms with Gasteiger partial charge in [-0.3, -0.25) is 4.79 Å². The van der Waals surface area contributed by atoms with Gasteiger partial charge in [-0.05, 0) is 38.1 Å². The zero-order valence-electron chi connectivity index (χ0n) is 13.7. The number of hydrogen-bond acceptors (Lipinski definition) is 4. The van der Waals surface area contributed by atoms with Crippen molar-refractivity contribution < 1.29 is 14.3 Å². The third-order valence-electron chi connectivity index (χ3n) is 4.28. The lowest BCUT2D eigenvalue weighted by molar-refractivity contribution is 0.0926. The summed E-state index contributed by atoms with van der Waals surface area (Å²) in [4.78, 5) is 12.2. The zero-order valence-corrected chi connectivity index (χ0v) is 13.7. The summed E-state index contributed by atoms with van der Waals surface area (Å²) in [6, 6.07) is 6.20. The molecule has 24 heavy (non-hydrogen) atoms. The first-order valence-electron chi connectivity index (χ1n) is 7.96. The van der Waals surface area contributed by atoms with Crippen LogP contribution in [0, 0.1) is 25.6 Å². The third kappa shape index (κ3) is 3.32. The number of aliphatic hydroxyl groups excluding tert-OH is 1. The van der Waals surface area contributed by atoms with Crippen molar-refractivity contribution in [3.63, 3.8) is 0 Å². The maximum atomic E-state index is 14.4. The van der Waals surface area contributed by atoms with E-state index in [2.05, 4.69) is 15.7 Å². The van der Waals surface area contributed by atoms with Crippen LogP contribution < -0.4 is 10.6 Å². The number of benzene rings is 1. The lowest BCUT2D eigenvalue weighted by Crippen LogP contribution is -2.34. The van der Waals surface area contributed by atoms with E-state index in [-0.39, 0.29) is 17.4 Å². The number of aryl methyl sites for hydroxylation is 2. The number of carbonyl (C=O) groups excluding carboxylic acids is 1. The number of halogens is 1. The summed E-state index contributed by atoms with van der Waals surface area (Å²) >= 11 is 0. The number of hydrogen-bond donors (Lipinski definition) is 3. The van der Waals surface area contributed by atoms with E-state index in [1.54, 1.807) is 12.1 Å². The molecule has 3 N–H and O–H groups in total. The maximum absolute atomic E-state index is 14.4. The summed E-state index contributed by atoms with van der Waals surface area (Å²) in [6.07, 6.45) is -0.463. The van der Waals surface area contributed by atoms with Crippen LogP contribution >= 0.6 is 0 Å². The Bertz CT molecular complexity index is 759. The molecular weight excluding hydrogens is 311 g/mol. The average Bonchev–Trinajstić information content (AvgIpc) is 3.09. The quantitative estimate of drug-likeness (QED) is 0.778. The summed E-state index contributed by atoms with van der Waals surface area (Å²) in [5, 5.41) is 19.8. The molecule has 0 spiro atoms. The first-order valence-corrected chi connectivity index (χ1v) is 7.96. The highest BCUT2D eigenvalue weighted by Gasteiger charge is 2.25. The number of amides is 1. The SMILES string of the molecule is Cc1cc(C)n(-c2ccc(C(=O)NCC3CNCC3O)cc2F)n1. The van der Waals surface area contributed by atoms with Gasteiger partial charge in [0.15, 0.2) is 0 Å². The van der Waals surface area contributed by atoms with Crippen molar-refractivity contribution in [1.82, 2.24) is 20.4 Å². The summed E-state index contributed by atoms with van der Waals surface area (Å²) in [5.41, 5.74) is 2.19. The Morgan fingerprint density at radius 3 is 2.79 bits per heavy atom. The van der Waals surface area contributed by atoms with E-state index in [0.29, 0.717) is 25.3 Å². The van der Waals surface area contributed by atoms with Crippen LogP contribution in [0.2, 0.25) is 0 Å². The molecule has 6 nitrogen and oxygen atoms in total. The van der Waals surface area contributed by atoms with Gasteiger partial charge in [-0.15, -0.1) is 0 Å². The van der Waals surface area contributed by atoms with Gasteiger partial charge < -0.3 is 15.7 Å². The summed E-state index contributed by atoms with van der Waals surface area (Å²) in [7, 11) is 0. The van der Waals surface area contributed by atoms with Crippen LogP contribution in [0.4, 0.5) is 4.39 Å². The zero-order chi connectivity index (χ0) is 17.3. The minimum Gasteiger partial charge on any atom is -0.391 e. The van der Waals surface area contributed by atoms with Crippen LogP contribution in [0.5, 0.6) is 0 Å². The Morgan fingerprint density at radius 2 is 2.21 bits per heavy atom. The van der Waals surface area contributed by atoms with Crippen molar-refractivity contribution in [3.05, 3.63) is 47.0 Å². The van der Waals surface area contributed by atoms with Crippen LogP contribution in [0.3, 0.4) is 0 Å². The highest BCUT2D eigenvalue weighted by Crippen LogP contribution is 2.17. The average molecular weight is 332 g/mol. The molecule has 7 heteroatoms. The smallest absolute Gasteiger partial charge is 0.251 e. The Balaban J connectivity index is 1.72. The van der Waals surface area contributed by atoms with E-state index < -0.39 is 11.9 Å². The first kappa shape index (κ1) is 16.6. The van der Waals surface area contributed by atoms with Gasteiger partial charge in [-0.1, -0.05) is 0 Å². The number of carbonyl (C=O) groups is 1. The van der Waals surface area contributed by atoms with Crippen LogP contribution in [-0.4, -0.2) is 46.5 Å². The molecule has 1 aliphatic rings. The van der Waals surface area contributed by atoms with Crippen molar-refractivity contribution >= 4 is 5.91 Å². The summed E-state index contributed by atoms with van der Waals surface area (Å²) < 4.78 is 15.9. The molecule has 0 aliphatic carbocycles. The Labute approximate surface area is 139 Å². The molecule has 1 aromatic heterocycles. The summed E-state index contributed by atoms with van der Waals surface area (Å²) in [5.74, 6) is -0.878. The molecule has 3 rings (SSSR count). The van der Waals surface area contributed by atoms with Crippen molar-refractivity contribution in [2.45, 2.75) is 20.0 Å². The molecule has 2 aromatic rings. The van der Waals surface area contributed by atoms with Crippen molar-refractivity contribution in [3.8, 4) is 5.69 Å². The fourth-order valence-corrected chi connectivity index (χ4v) is 2.95. The van der Waals surface area contributed by atoms with Gasteiger partial charge in [0.2, 0.25) is 0 Å². The molecule has 1 aromatic carbocycles. The number of nitrogens with zero attached hydrogens (tertiary/aromatic N) is 2. The number of nitrogens with one attached hydrogen (secondary N) is 2. The first-order chi connectivity index (χ1) is 11.5. The van der Waals surface area contributed by atoms with E-state index in [0.717, 1.165) is 11.4 Å². The molecule has 1 aliphatic heterocycles. The normalized spacial score (nSPS) is 20.3. The topological polar surface area (TPSA) is 79.2 Å². The number of β-amino-alcohol motifs (C(OH)–C–C–N with tert-alkyl or cyclic N) is 1. The van der Waals surface area contributed by atoms with Crippen LogP contribution in [0.25, 0.3) is 5.69 Å². The van der Waals surface area contributed by atoms with Gasteiger partial charge in [0.25, 0.3) is 5.91 Å². The molecular formula is C17H21FN4O2. The van der Waals surface area contributed by atoms with Gasteiger partial charge in [-0.2, -0.15) is 5.10 Å². The van der Waals surface area contributed by atoms with Crippen molar-refractivity contribution in [1.29, 1.82) is 0 Å². The van der Waals surface area contributed by atoms with Crippen LogP contribution in [0.15, 0.2) is 24.3 Å². The maximum Gasteiger partial charge on any atom is 0.251 e. The van der Waals surface area contributed by atoms with E-state index in [4.69, 9.17) is 0 Å². The number of aromatic nitrogens is 2. The van der Waals surface area contributed by atoms with E-state index in [1.807, 2.05) is 19.9 Å². The van der Waals surface area contributed by atoms with Gasteiger partial charge in [0.1, 0.15) is 11.5 Å². The Morgan fingerprint density at radius 1 is 1.42 bits per heavy atom. The van der Waals surface area contributed by atoms with Crippen molar-refractivity contribution in [2.75, 3.05) is 19.6 Å². The Kier molecular flexibility index (Phi) is 4.64. The minimum atomic E-state index is -0.503. The fourth-order valence-electron chi connectivity index (χ4n) is 2.95. The van der Waals surface area contributed by atoms with Gasteiger partial charge >= 0.3 is 0 Å². The molecule has 1 fully saturated rings. The van der Waals surface area contributed by atoms with Gasteiger partial charge in [0.05, 0.1) is 11.8 Å². The molecule has 2 atom stereocenters. The Hall–Kier alpha value is -2.25. The fraction of sp³-hybridized carbons (Fsp3) is 0.412. The standard InChI is InChI=1S/C17H21FN4O2/c1-10-5-11(2)22(21-10)15-4-3-12(6-14(15)18)17(24)20-8-13-7-19-9-16(13)23/h3-6,13,16,19,23H,7-9H2,1-2H3,(H,20,24). The second-order valence-corrected chi connectivity index (χ2v) is 6.20. The van der Waals surface area contributed by atoms with E-state index >= 15 is 0 Å². The van der Waals surface area contributed by atoms with Crippen molar-refractivity contribution in [2.24, 2.45) is 5.92 Å². The van der Waals surface area contributed by atoms with E-state index in [9.17, 15) is 14.3 Å². The predicted molar refractivity (Wildman–Crippen MR) is 87.7 cm³/mol.